The molecular formula is C14H19BrF3NO9. The maximum atomic E-state index is 12.3. The second-order valence-corrected chi connectivity index (χ2v) is 5.50. The fourth-order valence-electron chi connectivity index (χ4n) is 2.33. The molecule has 28 heavy (non-hydrogen) atoms. The van der Waals surface area contributed by atoms with Crippen LogP contribution < -0.4 is 5.32 Å². The number of halogens is 4. The third-order valence-corrected chi connectivity index (χ3v) is 3.24. The highest BCUT2D eigenvalue weighted by Gasteiger charge is 2.51. The standard InChI is InChI=1S/C14H18F3NO9.BrH/c1-5(19)24-9-8(4-18-13(23)14(15,16)17)27-12(22)11(26-7(3)21)10(9)25-6(2)20;/h8-12,22H,4H2,1-3H3,(H,18,23);1H/t8-,9-,10+,11-,12+;/m1./s1. The number of aliphatic hydroxyl groups excluding tert-OH is 1. The van der Waals surface area contributed by atoms with E-state index in [2.05, 4.69) is 0 Å². The third-order valence-electron chi connectivity index (χ3n) is 3.24. The average molecular weight is 482 g/mol. The van der Waals surface area contributed by atoms with Crippen LogP contribution in [0.1, 0.15) is 20.8 Å². The van der Waals surface area contributed by atoms with Crippen LogP contribution in [0.3, 0.4) is 0 Å². The Bertz CT molecular complexity index is 601. The van der Waals surface area contributed by atoms with E-state index in [1.807, 2.05) is 0 Å². The first-order valence-corrected chi connectivity index (χ1v) is 7.53. The Hall–Kier alpha value is -1.93. The lowest BCUT2D eigenvalue weighted by Gasteiger charge is -2.42. The van der Waals surface area contributed by atoms with Gasteiger partial charge in [-0.3, -0.25) is 19.2 Å². The topological polar surface area (TPSA) is 137 Å². The van der Waals surface area contributed by atoms with Gasteiger partial charge >= 0.3 is 30.0 Å². The van der Waals surface area contributed by atoms with Gasteiger partial charge in [0.05, 0.1) is 0 Å². The quantitative estimate of drug-likeness (QED) is 0.402. The highest BCUT2D eigenvalue weighted by molar-refractivity contribution is 8.93. The largest absolute Gasteiger partial charge is 0.471 e. The van der Waals surface area contributed by atoms with Crippen molar-refractivity contribution >= 4 is 40.8 Å². The number of aliphatic hydroxyl groups is 1. The predicted octanol–water partition coefficient (Wildman–Crippen LogP) is -0.245. The maximum Gasteiger partial charge on any atom is 0.471 e. The van der Waals surface area contributed by atoms with E-state index in [1.165, 1.54) is 5.32 Å². The van der Waals surface area contributed by atoms with E-state index >= 15 is 0 Å². The molecule has 1 saturated heterocycles. The van der Waals surface area contributed by atoms with E-state index in [0.29, 0.717) is 0 Å². The fraction of sp³-hybridized carbons (Fsp3) is 0.714. The van der Waals surface area contributed by atoms with Crippen molar-refractivity contribution in [2.24, 2.45) is 0 Å². The first-order valence-electron chi connectivity index (χ1n) is 7.53. The van der Waals surface area contributed by atoms with Crippen LogP contribution in [0.15, 0.2) is 0 Å². The number of esters is 3. The number of carbonyl (C=O) groups is 4. The zero-order chi connectivity index (χ0) is 20.9. The van der Waals surface area contributed by atoms with Gasteiger partial charge in [-0.05, 0) is 0 Å². The van der Waals surface area contributed by atoms with Crippen molar-refractivity contribution in [1.29, 1.82) is 0 Å². The maximum absolute atomic E-state index is 12.3. The Kier molecular flexibility index (Phi) is 9.84. The van der Waals surface area contributed by atoms with Gasteiger partial charge < -0.3 is 29.4 Å². The number of ether oxygens (including phenoxy) is 4. The molecular weight excluding hydrogens is 463 g/mol. The van der Waals surface area contributed by atoms with Crippen molar-refractivity contribution in [3.8, 4) is 0 Å². The molecule has 0 saturated carbocycles. The third kappa shape index (κ3) is 7.59. The van der Waals surface area contributed by atoms with Crippen LogP contribution in [0.25, 0.3) is 0 Å². The van der Waals surface area contributed by atoms with Crippen LogP contribution in [0, 0.1) is 0 Å². The Morgan fingerprint density at radius 3 is 1.79 bits per heavy atom. The lowest BCUT2D eigenvalue weighted by atomic mass is 9.97. The summed E-state index contributed by atoms with van der Waals surface area (Å²) < 4.78 is 56.6. The van der Waals surface area contributed by atoms with E-state index in [-0.39, 0.29) is 17.0 Å². The molecule has 0 aromatic rings. The number of alkyl halides is 3. The summed E-state index contributed by atoms with van der Waals surface area (Å²) >= 11 is 0. The van der Waals surface area contributed by atoms with E-state index < -0.39 is 67.2 Å². The molecule has 1 fully saturated rings. The number of carbonyl (C=O) groups excluding carboxylic acids is 4. The molecule has 0 radical (unpaired) electrons. The highest BCUT2D eigenvalue weighted by atomic mass is 79.9. The molecule has 1 aliphatic rings. The van der Waals surface area contributed by atoms with Crippen LogP contribution in [0.2, 0.25) is 0 Å². The Balaban J connectivity index is 0.00000729. The summed E-state index contributed by atoms with van der Waals surface area (Å²) in [6.07, 6.45) is -13.4. The van der Waals surface area contributed by atoms with Gasteiger partial charge in [0, 0.05) is 27.3 Å². The van der Waals surface area contributed by atoms with Gasteiger partial charge in [0.2, 0.25) is 0 Å². The molecule has 0 aliphatic carbocycles. The summed E-state index contributed by atoms with van der Waals surface area (Å²) in [5.41, 5.74) is 0. The van der Waals surface area contributed by atoms with E-state index in [9.17, 15) is 37.5 Å². The molecule has 1 amide bonds. The van der Waals surface area contributed by atoms with Crippen LogP contribution in [0.5, 0.6) is 0 Å². The van der Waals surface area contributed by atoms with Gasteiger partial charge in [-0.15, -0.1) is 17.0 Å². The Morgan fingerprint density at radius 2 is 1.36 bits per heavy atom. The lowest BCUT2D eigenvalue weighted by molar-refractivity contribution is -0.290. The number of hydrogen-bond donors (Lipinski definition) is 2. The van der Waals surface area contributed by atoms with Gasteiger partial charge in [0.25, 0.3) is 0 Å². The number of rotatable bonds is 5. The number of amides is 1. The van der Waals surface area contributed by atoms with Crippen molar-refractivity contribution in [3.63, 3.8) is 0 Å². The molecule has 162 valence electrons. The number of hydrogen-bond acceptors (Lipinski definition) is 9. The second kappa shape index (κ2) is 10.6. The summed E-state index contributed by atoms with van der Waals surface area (Å²) in [7, 11) is 0. The fourth-order valence-corrected chi connectivity index (χ4v) is 2.33. The average Bonchev–Trinajstić information content (AvgIpc) is 2.49. The van der Waals surface area contributed by atoms with Gasteiger partial charge in [0.15, 0.2) is 24.6 Å². The molecule has 1 heterocycles. The van der Waals surface area contributed by atoms with Crippen LogP contribution in [-0.2, 0) is 38.1 Å². The molecule has 0 aromatic heterocycles. The summed E-state index contributed by atoms with van der Waals surface area (Å²) in [6, 6.07) is 0. The van der Waals surface area contributed by atoms with Crippen LogP contribution >= 0.6 is 17.0 Å². The van der Waals surface area contributed by atoms with Gasteiger partial charge in [-0.1, -0.05) is 0 Å². The van der Waals surface area contributed by atoms with E-state index in [4.69, 9.17) is 18.9 Å². The summed E-state index contributed by atoms with van der Waals surface area (Å²) in [4.78, 5) is 44.9. The smallest absolute Gasteiger partial charge is 0.456 e. The molecule has 0 bridgehead atoms. The molecule has 1 rings (SSSR count). The van der Waals surface area contributed by atoms with Crippen molar-refractivity contribution < 1.29 is 56.4 Å². The zero-order valence-corrected chi connectivity index (χ0v) is 16.6. The SMILES string of the molecule is Br.CC(=O)O[C@@H]1[C@@H](OC(C)=O)[C@@H](O)O[C@H](CNC(=O)C(F)(F)F)[C@H]1OC(C)=O. The highest BCUT2D eigenvalue weighted by Crippen LogP contribution is 2.28. The summed E-state index contributed by atoms with van der Waals surface area (Å²) in [5, 5.41) is 11.5. The Morgan fingerprint density at radius 1 is 0.929 bits per heavy atom. The summed E-state index contributed by atoms with van der Waals surface area (Å²) in [5.74, 6) is -5.04. The van der Waals surface area contributed by atoms with Gasteiger partial charge in [0.1, 0.15) is 6.10 Å². The molecule has 14 heteroatoms. The molecule has 1 aliphatic heterocycles. The lowest BCUT2D eigenvalue weighted by Crippen LogP contribution is -2.63. The van der Waals surface area contributed by atoms with E-state index in [0.717, 1.165) is 20.8 Å². The second-order valence-electron chi connectivity index (χ2n) is 5.50. The van der Waals surface area contributed by atoms with Crippen LogP contribution in [-0.4, -0.2) is 72.3 Å². The van der Waals surface area contributed by atoms with Crippen molar-refractivity contribution in [2.45, 2.75) is 57.7 Å². The molecule has 0 aromatic carbocycles. The van der Waals surface area contributed by atoms with Crippen molar-refractivity contribution in [1.82, 2.24) is 5.32 Å². The molecule has 5 atom stereocenters. The van der Waals surface area contributed by atoms with Crippen LogP contribution in [0.4, 0.5) is 13.2 Å². The summed E-state index contributed by atoms with van der Waals surface area (Å²) in [6.45, 7) is 2.06. The van der Waals surface area contributed by atoms with Gasteiger partial charge in [-0.25, -0.2) is 0 Å². The molecule has 10 nitrogen and oxygen atoms in total. The van der Waals surface area contributed by atoms with E-state index in [1.54, 1.807) is 0 Å². The predicted molar refractivity (Wildman–Crippen MR) is 86.9 cm³/mol. The van der Waals surface area contributed by atoms with Gasteiger partial charge in [-0.2, -0.15) is 13.2 Å². The molecule has 0 unspecified atom stereocenters. The zero-order valence-electron chi connectivity index (χ0n) is 14.8. The first kappa shape index (κ1) is 26.1. The van der Waals surface area contributed by atoms with Crippen molar-refractivity contribution in [2.75, 3.05) is 6.54 Å². The Labute approximate surface area is 167 Å². The molecule has 2 N–H and O–H groups in total. The number of nitrogens with one attached hydrogen (secondary N) is 1. The monoisotopic (exact) mass is 481 g/mol. The minimum atomic E-state index is -5.18. The normalized spacial score (nSPS) is 27.0. The minimum Gasteiger partial charge on any atom is -0.456 e. The van der Waals surface area contributed by atoms with Crippen molar-refractivity contribution in [3.05, 3.63) is 0 Å². The molecule has 0 spiro atoms. The first-order chi connectivity index (χ1) is 12.3. The minimum absolute atomic E-state index is 0.